The molecule has 0 fully saturated rings. The van der Waals surface area contributed by atoms with Crippen molar-refractivity contribution in [1.82, 2.24) is 14.3 Å². The van der Waals surface area contributed by atoms with Gasteiger partial charge >= 0.3 is 6.18 Å². The van der Waals surface area contributed by atoms with Crippen molar-refractivity contribution in [3.8, 4) is 17.5 Å². The third-order valence-corrected chi connectivity index (χ3v) is 6.43. The summed E-state index contributed by atoms with van der Waals surface area (Å²) >= 11 is 0. The third-order valence-electron chi connectivity index (χ3n) is 4.90. The minimum Gasteiger partial charge on any atom is -0.336 e. The van der Waals surface area contributed by atoms with Crippen molar-refractivity contribution in [3.63, 3.8) is 0 Å². The molecule has 0 amide bonds. The number of hydrogen-bond acceptors (Lipinski definition) is 4. The van der Waals surface area contributed by atoms with Gasteiger partial charge in [0.15, 0.2) is 0 Å². The summed E-state index contributed by atoms with van der Waals surface area (Å²) < 4.78 is 66.4. The van der Waals surface area contributed by atoms with E-state index < -0.39 is 27.1 Å². The van der Waals surface area contributed by atoms with Gasteiger partial charge in [-0.1, -0.05) is 12.1 Å². The number of pyridine rings is 1. The molecule has 1 atom stereocenters. The summed E-state index contributed by atoms with van der Waals surface area (Å²) in [4.78, 5) is 3.79. The Morgan fingerprint density at radius 1 is 1.16 bits per heavy atom. The first-order valence-corrected chi connectivity index (χ1v) is 10.9. The molecule has 1 N–H and O–H groups in total. The number of benzene rings is 1. The highest BCUT2D eigenvalue weighted by Gasteiger charge is 2.39. The van der Waals surface area contributed by atoms with Crippen LogP contribution in [0.1, 0.15) is 37.9 Å². The molecule has 0 unspecified atom stereocenters. The number of nitriles is 1. The molecular formula is C21H21F3N4O2S. The molecule has 0 aliphatic rings. The Morgan fingerprint density at radius 3 is 2.35 bits per heavy atom. The number of aryl methyl sites for hydroxylation is 1. The van der Waals surface area contributed by atoms with E-state index in [0.717, 1.165) is 29.6 Å². The van der Waals surface area contributed by atoms with Crippen LogP contribution in [0.5, 0.6) is 0 Å². The summed E-state index contributed by atoms with van der Waals surface area (Å²) in [6.45, 7) is 6.57. The van der Waals surface area contributed by atoms with Gasteiger partial charge in [-0.25, -0.2) is 8.42 Å². The summed E-state index contributed by atoms with van der Waals surface area (Å²) in [5, 5.41) is 10.5. The van der Waals surface area contributed by atoms with Crippen LogP contribution in [0.15, 0.2) is 41.4 Å². The molecule has 0 saturated heterocycles. The number of rotatable bonds is 5. The fraction of sp³-hybridized carbons (Fsp3) is 0.333. The molecule has 0 bridgehead atoms. The van der Waals surface area contributed by atoms with E-state index in [9.17, 15) is 26.9 Å². The van der Waals surface area contributed by atoms with E-state index in [1.54, 1.807) is 4.72 Å². The summed E-state index contributed by atoms with van der Waals surface area (Å²) in [7, 11) is -4.42. The van der Waals surface area contributed by atoms with Crippen molar-refractivity contribution in [2.75, 3.05) is 0 Å². The third kappa shape index (κ3) is 4.29. The maximum absolute atomic E-state index is 12.7. The summed E-state index contributed by atoms with van der Waals surface area (Å²) in [6.07, 6.45) is -3.71. The van der Waals surface area contributed by atoms with Crippen LogP contribution >= 0.6 is 0 Å². The largest absolute Gasteiger partial charge is 0.404 e. The molecule has 6 nitrogen and oxygen atoms in total. The van der Waals surface area contributed by atoms with Crippen LogP contribution in [-0.4, -0.2) is 30.2 Å². The second-order valence-corrected chi connectivity index (χ2v) is 9.30. The first-order valence-electron chi connectivity index (χ1n) is 9.47. The number of halogens is 3. The lowest BCUT2D eigenvalue weighted by Gasteiger charge is -2.17. The van der Waals surface area contributed by atoms with Gasteiger partial charge in [0.2, 0.25) is 10.0 Å². The predicted octanol–water partition coefficient (Wildman–Crippen LogP) is 4.69. The molecule has 0 saturated carbocycles. The van der Waals surface area contributed by atoms with Crippen LogP contribution in [-0.2, 0) is 10.0 Å². The van der Waals surface area contributed by atoms with Crippen molar-refractivity contribution < 1.29 is 21.6 Å². The molecule has 0 radical (unpaired) electrons. The Labute approximate surface area is 178 Å². The Kier molecular flexibility index (Phi) is 5.86. The van der Waals surface area contributed by atoms with Crippen LogP contribution < -0.4 is 4.72 Å². The van der Waals surface area contributed by atoms with E-state index in [1.807, 2.05) is 43.5 Å². The van der Waals surface area contributed by atoms with Gasteiger partial charge in [0.25, 0.3) is 0 Å². The van der Waals surface area contributed by atoms with Gasteiger partial charge in [-0.05, 0) is 51.5 Å². The lowest BCUT2D eigenvalue weighted by Crippen LogP contribution is -2.42. The molecule has 0 aliphatic carbocycles. The Hall–Kier alpha value is -2.90. The van der Waals surface area contributed by atoms with Crippen LogP contribution in [0.4, 0.5) is 13.2 Å². The van der Waals surface area contributed by atoms with Crippen LogP contribution in [0.2, 0.25) is 0 Å². The number of alkyl halides is 3. The highest BCUT2D eigenvalue weighted by atomic mass is 32.2. The topological polar surface area (TPSA) is 87.8 Å². The van der Waals surface area contributed by atoms with Gasteiger partial charge in [0.1, 0.15) is 17.0 Å². The molecule has 31 heavy (non-hydrogen) atoms. The monoisotopic (exact) mass is 450 g/mol. The van der Waals surface area contributed by atoms with E-state index in [2.05, 4.69) is 11.1 Å². The summed E-state index contributed by atoms with van der Waals surface area (Å²) in [5.41, 5.74) is 3.14. The molecule has 2 heterocycles. The molecule has 3 rings (SSSR count). The number of aromatic nitrogens is 2. The van der Waals surface area contributed by atoms with E-state index in [1.165, 1.54) is 12.1 Å². The molecular weight excluding hydrogens is 429 g/mol. The fourth-order valence-corrected chi connectivity index (χ4v) is 4.54. The molecule has 3 aromatic rings. The summed E-state index contributed by atoms with van der Waals surface area (Å²) in [5.74, 6) is 0. The van der Waals surface area contributed by atoms with Gasteiger partial charge < -0.3 is 4.57 Å². The predicted molar refractivity (Wildman–Crippen MR) is 111 cm³/mol. The zero-order chi connectivity index (χ0) is 23.1. The van der Waals surface area contributed by atoms with Crippen molar-refractivity contribution in [3.05, 3.63) is 47.7 Å². The first kappa shape index (κ1) is 22.8. The Balaban J connectivity index is 2.11. The molecule has 1 aromatic carbocycles. The van der Waals surface area contributed by atoms with Crippen LogP contribution in [0, 0.1) is 18.3 Å². The maximum atomic E-state index is 12.7. The van der Waals surface area contributed by atoms with Gasteiger partial charge in [0.05, 0.1) is 22.5 Å². The zero-order valence-electron chi connectivity index (χ0n) is 17.3. The summed E-state index contributed by atoms with van der Waals surface area (Å²) in [6, 6.07) is 8.22. The second kappa shape index (κ2) is 7.98. The normalized spacial score (nSPS) is 13.5. The van der Waals surface area contributed by atoms with Crippen molar-refractivity contribution in [2.45, 2.75) is 50.9 Å². The highest BCUT2D eigenvalue weighted by Crippen LogP contribution is 2.36. The van der Waals surface area contributed by atoms with Crippen LogP contribution in [0.25, 0.3) is 22.3 Å². The van der Waals surface area contributed by atoms with Crippen LogP contribution in [0.3, 0.4) is 0 Å². The fourth-order valence-electron chi connectivity index (χ4n) is 3.37. The maximum Gasteiger partial charge on any atom is 0.404 e. The second-order valence-electron chi connectivity index (χ2n) is 7.58. The first-order chi connectivity index (χ1) is 14.4. The Morgan fingerprint density at radius 2 is 1.84 bits per heavy atom. The van der Waals surface area contributed by atoms with E-state index in [0.29, 0.717) is 17.0 Å². The minimum absolute atomic E-state index is 0.0269. The minimum atomic E-state index is -4.71. The van der Waals surface area contributed by atoms with E-state index >= 15 is 0 Å². The average molecular weight is 450 g/mol. The zero-order valence-corrected chi connectivity index (χ0v) is 18.1. The van der Waals surface area contributed by atoms with Gasteiger partial charge in [0, 0.05) is 17.6 Å². The molecule has 0 spiro atoms. The van der Waals surface area contributed by atoms with Gasteiger partial charge in [-0.15, -0.1) is 0 Å². The molecule has 0 aliphatic heterocycles. The standard InChI is InChI=1S/C21H21F3N4O2S/c1-12(2)28-19-9-13(3)5-7-16(19)17(10-25)20(28)18-8-6-15(11-26-18)31(29,30)27-14(4)21(22,23)24/h5-9,11-12,14,27H,1-4H3/t14-/m1/s1. The SMILES string of the molecule is Cc1ccc2c(C#N)c(-c3ccc(S(=O)(=O)N[C@H](C)C(F)(F)F)cn3)n(C(C)C)c2c1. The molecule has 164 valence electrons. The van der Waals surface area contributed by atoms with Gasteiger partial charge in [-0.2, -0.15) is 23.2 Å². The number of hydrogen-bond donors (Lipinski definition) is 1. The van der Waals surface area contributed by atoms with Crippen molar-refractivity contribution in [2.24, 2.45) is 0 Å². The number of fused-ring (bicyclic) bond motifs is 1. The van der Waals surface area contributed by atoms with Crippen molar-refractivity contribution in [1.29, 1.82) is 5.26 Å². The lowest BCUT2D eigenvalue weighted by molar-refractivity contribution is -0.147. The molecule has 10 heteroatoms. The lowest BCUT2D eigenvalue weighted by atomic mass is 10.1. The Bertz CT molecular complexity index is 1270. The number of sulfonamides is 1. The van der Waals surface area contributed by atoms with Crippen molar-refractivity contribution >= 4 is 20.9 Å². The van der Waals surface area contributed by atoms with Gasteiger partial charge in [-0.3, -0.25) is 4.98 Å². The smallest absolute Gasteiger partial charge is 0.336 e. The quantitative estimate of drug-likeness (QED) is 0.611. The molecule has 2 aromatic heterocycles. The number of nitrogens with one attached hydrogen (secondary N) is 1. The van der Waals surface area contributed by atoms with E-state index in [4.69, 9.17) is 0 Å². The number of nitrogens with zero attached hydrogens (tertiary/aromatic N) is 3. The van der Waals surface area contributed by atoms with E-state index in [-0.39, 0.29) is 6.04 Å². The highest BCUT2D eigenvalue weighted by molar-refractivity contribution is 7.89. The average Bonchev–Trinajstić information content (AvgIpc) is 3.00.